The molecule has 0 bridgehead atoms. The van der Waals surface area contributed by atoms with E-state index < -0.39 is 0 Å². The lowest BCUT2D eigenvalue weighted by molar-refractivity contribution is -0.121. The molecule has 0 saturated heterocycles. The fraction of sp³-hybridized carbons (Fsp3) is 0.583. The van der Waals surface area contributed by atoms with Crippen LogP contribution < -0.4 is 19.3 Å². The van der Waals surface area contributed by atoms with Crippen molar-refractivity contribution < 1.29 is 19.1 Å². The molecule has 0 radical (unpaired) electrons. The molecule has 0 aromatic carbocycles. The number of pyridine rings is 2. The second-order valence-electron chi connectivity index (χ2n) is 18.1. The first-order chi connectivity index (χ1) is 29.5. The maximum absolute atomic E-state index is 12.7. The number of aryl methyl sites for hydroxylation is 2. The summed E-state index contributed by atoms with van der Waals surface area (Å²) in [6, 6.07) is 7.03. The highest BCUT2D eigenvalue weighted by molar-refractivity contribution is 5.87. The Balaban J connectivity index is 0.000000234. The summed E-state index contributed by atoms with van der Waals surface area (Å²) in [5, 5.41) is 0. The molecule has 4 heterocycles. The number of carbonyl (C=O) groups excluding carboxylic acids is 2. The van der Waals surface area contributed by atoms with Gasteiger partial charge < -0.3 is 29.1 Å². The van der Waals surface area contributed by atoms with Gasteiger partial charge in [-0.2, -0.15) is 0 Å². The minimum atomic E-state index is -0.233. The van der Waals surface area contributed by atoms with E-state index in [1.807, 2.05) is 90.2 Å². The average molecular weight is 851 g/mol. The highest BCUT2D eigenvalue weighted by atomic mass is 16.5. The van der Waals surface area contributed by atoms with Crippen LogP contribution in [-0.2, 0) is 35.3 Å². The van der Waals surface area contributed by atoms with Crippen LogP contribution >= 0.6 is 0 Å². The van der Waals surface area contributed by atoms with Crippen LogP contribution in [0.3, 0.4) is 0 Å². The molecule has 62 heavy (non-hydrogen) atoms. The van der Waals surface area contributed by atoms with Crippen molar-refractivity contribution in [3.05, 3.63) is 59.2 Å². The largest absolute Gasteiger partial charge is 0.492 e. The van der Waals surface area contributed by atoms with Crippen molar-refractivity contribution in [3.63, 3.8) is 0 Å². The first-order valence-electron chi connectivity index (χ1n) is 22.3. The van der Waals surface area contributed by atoms with Crippen molar-refractivity contribution in [2.24, 2.45) is 11.8 Å². The summed E-state index contributed by atoms with van der Waals surface area (Å²) >= 11 is 0. The van der Waals surface area contributed by atoms with Gasteiger partial charge in [0, 0.05) is 87.1 Å². The Kier molecular flexibility index (Phi) is 17.3. The Labute approximate surface area is 369 Å². The van der Waals surface area contributed by atoms with Crippen molar-refractivity contribution in [3.8, 4) is 34.5 Å². The molecule has 4 aromatic rings. The number of fused-ring (bicyclic) bond motifs is 2. The normalized spacial score (nSPS) is 14.1. The molecule has 336 valence electrons. The van der Waals surface area contributed by atoms with Gasteiger partial charge in [-0.1, -0.05) is 27.7 Å². The third-order valence-corrected chi connectivity index (χ3v) is 11.3. The van der Waals surface area contributed by atoms with E-state index in [4.69, 9.17) is 29.4 Å². The molecule has 14 nitrogen and oxygen atoms in total. The lowest BCUT2D eigenvalue weighted by atomic mass is 10.0. The summed E-state index contributed by atoms with van der Waals surface area (Å²) < 4.78 is 11.7. The molecule has 0 aliphatic heterocycles. The third-order valence-electron chi connectivity index (χ3n) is 11.3. The van der Waals surface area contributed by atoms with Crippen molar-refractivity contribution >= 4 is 23.2 Å². The van der Waals surface area contributed by atoms with Gasteiger partial charge in [0.05, 0.1) is 12.1 Å². The Hall–Kier alpha value is -5.08. The van der Waals surface area contributed by atoms with E-state index in [1.54, 1.807) is 12.4 Å². The van der Waals surface area contributed by atoms with Crippen LogP contribution in [0.2, 0.25) is 0 Å². The number of anilines is 2. The van der Waals surface area contributed by atoms with Crippen molar-refractivity contribution in [1.82, 2.24) is 39.7 Å². The van der Waals surface area contributed by atoms with E-state index in [0.717, 1.165) is 97.3 Å². The van der Waals surface area contributed by atoms with Gasteiger partial charge in [0.25, 0.3) is 0 Å². The fourth-order valence-electron chi connectivity index (χ4n) is 7.52. The molecular formula is C48H70N10O4. The zero-order valence-corrected chi connectivity index (χ0v) is 39.4. The molecule has 0 N–H and O–H groups in total. The minimum absolute atomic E-state index is 0.233. The van der Waals surface area contributed by atoms with E-state index in [-0.39, 0.29) is 23.7 Å². The molecule has 0 spiro atoms. The zero-order chi connectivity index (χ0) is 45.1. The Bertz CT molecular complexity index is 1970. The van der Waals surface area contributed by atoms with Crippen molar-refractivity contribution in [1.29, 1.82) is 0 Å². The Morgan fingerprint density at radius 2 is 0.968 bits per heavy atom. The number of rotatable bonds is 20. The number of aromatic nitrogens is 6. The van der Waals surface area contributed by atoms with Gasteiger partial charge in [0.1, 0.15) is 47.7 Å². The van der Waals surface area contributed by atoms with Gasteiger partial charge in [0.15, 0.2) is 23.2 Å². The van der Waals surface area contributed by atoms with E-state index in [0.29, 0.717) is 60.9 Å². The van der Waals surface area contributed by atoms with E-state index in [2.05, 4.69) is 47.5 Å². The minimum Gasteiger partial charge on any atom is -0.492 e. The molecule has 0 saturated carbocycles. The molecule has 0 unspecified atom stereocenters. The molecule has 2 aliphatic carbocycles. The van der Waals surface area contributed by atoms with Crippen LogP contribution in [-0.4, -0.2) is 132 Å². The van der Waals surface area contributed by atoms with Gasteiger partial charge >= 0.3 is 0 Å². The average Bonchev–Trinajstić information content (AvgIpc) is 3.92. The second kappa shape index (κ2) is 22.3. The lowest BCUT2D eigenvalue weighted by Gasteiger charge is -2.27. The standard InChI is InChI=1S/2C24H35N5O2/c2*1-16(2)14-22(30)17(3)29(6)24-19-8-7-9-20(19)26-23(27-24)21-15-18(10-11-25-21)31-13-12-28(4)5/h2*10-11,15-17H,7-9,12-14H2,1-6H3/t2*17-/m10/s1. The second-order valence-corrected chi connectivity index (χ2v) is 18.1. The predicted molar refractivity (Wildman–Crippen MR) is 247 cm³/mol. The number of ketones is 2. The number of nitrogens with zero attached hydrogens (tertiary/aromatic N) is 10. The monoisotopic (exact) mass is 851 g/mol. The highest BCUT2D eigenvalue weighted by Gasteiger charge is 2.29. The third kappa shape index (κ3) is 13.0. The topological polar surface area (TPSA) is 143 Å². The Morgan fingerprint density at radius 1 is 0.581 bits per heavy atom. The smallest absolute Gasteiger partial charge is 0.180 e. The number of hydrogen-bond donors (Lipinski definition) is 0. The first kappa shape index (κ1) is 48.0. The lowest BCUT2D eigenvalue weighted by Crippen LogP contribution is -2.37. The summed E-state index contributed by atoms with van der Waals surface area (Å²) in [6.45, 7) is 15.1. The van der Waals surface area contributed by atoms with Crippen LogP contribution in [0.15, 0.2) is 36.7 Å². The fourth-order valence-corrected chi connectivity index (χ4v) is 7.52. The van der Waals surface area contributed by atoms with Crippen LogP contribution in [0.5, 0.6) is 11.5 Å². The predicted octanol–water partition coefficient (Wildman–Crippen LogP) is 6.82. The molecule has 2 aliphatic rings. The summed E-state index contributed by atoms with van der Waals surface area (Å²) in [5.74, 6) is 5.54. The maximum atomic E-state index is 12.7. The van der Waals surface area contributed by atoms with Crippen molar-refractivity contribution in [2.75, 3.05) is 78.4 Å². The molecule has 14 heteroatoms. The van der Waals surface area contributed by atoms with E-state index in [1.165, 1.54) is 0 Å². The quantitative estimate of drug-likeness (QED) is 0.0918. The number of hydrogen-bond acceptors (Lipinski definition) is 14. The van der Waals surface area contributed by atoms with Gasteiger partial charge in [0.2, 0.25) is 0 Å². The number of Topliss-reactive ketones (excluding diaryl/α,β-unsaturated/α-hetero) is 2. The summed E-state index contributed by atoms with van der Waals surface area (Å²) in [6.07, 6.45) is 10.5. The van der Waals surface area contributed by atoms with Crippen LogP contribution in [0.1, 0.15) is 89.7 Å². The van der Waals surface area contributed by atoms with Crippen LogP contribution in [0, 0.1) is 11.8 Å². The van der Waals surface area contributed by atoms with Gasteiger partial charge in [-0.15, -0.1) is 0 Å². The van der Waals surface area contributed by atoms with Crippen molar-refractivity contribution in [2.45, 2.75) is 105 Å². The van der Waals surface area contributed by atoms with Crippen LogP contribution in [0.25, 0.3) is 23.0 Å². The SMILES string of the molecule is CC(C)CC(=O)[C@@H](C)N(C)c1nc(-c2cc(OCCN(C)C)ccn2)nc2c1CCC2.CC(C)CC(=O)[C@H](C)N(C)c1nc(-c2cc(OCCN(C)C)ccn2)nc2c1CCC2. The Morgan fingerprint density at radius 3 is 1.32 bits per heavy atom. The van der Waals surface area contributed by atoms with Crippen LogP contribution in [0.4, 0.5) is 11.6 Å². The summed E-state index contributed by atoms with van der Waals surface area (Å²) in [7, 11) is 12.0. The van der Waals surface area contributed by atoms with Gasteiger partial charge in [-0.3, -0.25) is 19.6 Å². The number of likely N-dealkylation sites (N-methyl/N-ethyl adjacent to an activating group) is 4. The molecule has 4 aromatic heterocycles. The number of carbonyl (C=O) groups is 2. The zero-order valence-electron chi connectivity index (χ0n) is 39.4. The van der Waals surface area contributed by atoms with E-state index in [9.17, 15) is 9.59 Å². The summed E-state index contributed by atoms with van der Waals surface area (Å²) in [5.41, 5.74) is 5.83. The first-order valence-corrected chi connectivity index (χ1v) is 22.3. The molecule has 6 rings (SSSR count). The van der Waals surface area contributed by atoms with E-state index >= 15 is 0 Å². The molecular weight excluding hydrogens is 781 g/mol. The summed E-state index contributed by atoms with van der Waals surface area (Å²) in [4.78, 5) is 62.0. The number of ether oxygens (including phenoxy) is 2. The van der Waals surface area contributed by atoms with Gasteiger partial charge in [-0.05, 0) is 105 Å². The molecule has 0 fully saturated rings. The highest BCUT2D eigenvalue weighted by Crippen LogP contribution is 2.34. The maximum Gasteiger partial charge on any atom is 0.180 e. The molecule has 0 amide bonds. The molecule has 2 atom stereocenters. The van der Waals surface area contributed by atoms with Gasteiger partial charge in [-0.25, -0.2) is 19.9 Å².